The van der Waals surface area contributed by atoms with Gasteiger partial charge in [0.15, 0.2) is 6.61 Å². The number of esters is 1. The van der Waals surface area contributed by atoms with Gasteiger partial charge in [0.2, 0.25) is 0 Å². The zero-order valence-corrected chi connectivity index (χ0v) is 14.6. The quantitative estimate of drug-likeness (QED) is 0.629. The first-order valence-corrected chi connectivity index (χ1v) is 8.41. The highest BCUT2D eigenvalue weighted by Crippen LogP contribution is 2.26. The minimum absolute atomic E-state index is 0.370. The van der Waals surface area contributed by atoms with Crippen LogP contribution in [0.4, 0.5) is 14.5 Å². The average molecular weight is 369 g/mol. The Morgan fingerprint density at radius 3 is 2.48 bits per heavy atom. The number of fused-ring (bicyclic) bond motifs is 1. The molecule has 3 aromatic rings. The van der Waals surface area contributed by atoms with Crippen LogP contribution in [0.15, 0.2) is 60.7 Å². The van der Waals surface area contributed by atoms with Gasteiger partial charge >= 0.3 is 5.97 Å². The monoisotopic (exact) mass is 369 g/mol. The molecule has 0 saturated carbocycles. The van der Waals surface area contributed by atoms with E-state index in [0.29, 0.717) is 18.3 Å². The molecule has 0 atom stereocenters. The fourth-order valence-corrected chi connectivity index (χ4v) is 2.86. The molecule has 0 heterocycles. The Balaban J connectivity index is 1.76. The minimum atomic E-state index is -1.03. The molecule has 0 aliphatic carbocycles. The summed E-state index contributed by atoms with van der Waals surface area (Å²) >= 11 is 0. The first kappa shape index (κ1) is 18.5. The van der Waals surface area contributed by atoms with Gasteiger partial charge in [-0.1, -0.05) is 36.4 Å². The molecule has 0 fully saturated rings. The molecule has 27 heavy (non-hydrogen) atoms. The number of hydrogen-bond donors (Lipinski definition) is 0. The number of halogens is 2. The molecule has 0 aliphatic rings. The van der Waals surface area contributed by atoms with Crippen LogP contribution in [-0.2, 0) is 9.53 Å². The maximum absolute atomic E-state index is 13.7. The Labute approximate surface area is 155 Å². The maximum atomic E-state index is 13.7. The van der Waals surface area contributed by atoms with Crippen molar-refractivity contribution in [3.8, 4) is 0 Å². The topological polar surface area (TPSA) is 46.6 Å². The van der Waals surface area contributed by atoms with E-state index in [1.807, 2.05) is 42.5 Å². The highest BCUT2D eigenvalue weighted by Gasteiger charge is 2.20. The van der Waals surface area contributed by atoms with E-state index in [4.69, 9.17) is 4.74 Å². The molecule has 138 valence electrons. The molecular weight excluding hydrogens is 352 g/mol. The van der Waals surface area contributed by atoms with Crippen molar-refractivity contribution in [3.05, 3.63) is 77.9 Å². The molecule has 0 aromatic heterocycles. The Bertz CT molecular complexity index is 998. The lowest BCUT2D eigenvalue weighted by molar-refractivity contribution is -0.121. The second-order valence-electron chi connectivity index (χ2n) is 5.84. The molecule has 0 N–H and O–H groups in total. The molecule has 4 nitrogen and oxygen atoms in total. The largest absolute Gasteiger partial charge is 0.452 e. The van der Waals surface area contributed by atoms with E-state index in [0.717, 1.165) is 22.9 Å². The standard InChI is InChI=1S/C21H17F2NO3/c1-2-24(19-9-5-7-14-6-3-4-8-16(14)19)20(25)13-27-21(26)17-11-10-15(22)12-18(17)23/h3-12H,2,13H2,1H3. The van der Waals surface area contributed by atoms with E-state index in [1.165, 1.54) is 4.90 Å². The summed E-state index contributed by atoms with van der Waals surface area (Å²) in [5.41, 5.74) is 0.280. The summed E-state index contributed by atoms with van der Waals surface area (Å²) in [4.78, 5) is 26.1. The van der Waals surface area contributed by atoms with Crippen LogP contribution in [0.2, 0.25) is 0 Å². The number of benzene rings is 3. The van der Waals surface area contributed by atoms with Crippen molar-refractivity contribution in [2.24, 2.45) is 0 Å². The first-order valence-electron chi connectivity index (χ1n) is 8.41. The number of nitrogens with zero attached hydrogens (tertiary/aromatic N) is 1. The number of hydrogen-bond acceptors (Lipinski definition) is 3. The molecule has 0 aliphatic heterocycles. The molecular formula is C21H17F2NO3. The van der Waals surface area contributed by atoms with Crippen molar-refractivity contribution in [3.63, 3.8) is 0 Å². The van der Waals surface area contributed by atoms with Crippen molar-refractivity contribution in [1.29, 1.82) is 0 Å². The van der Waals surface area contributed by atoms with Crippen LogP contribution >= 0.6 is 0 Å². The molecule has 0 unspecified atom stereocenters. The van der Waals surface area contributed by atoms with Gasteiger partial charge in [0, 0.05) is 18.0 Å². The van der Waals surface area contributed by atoms with Crippen LogP contribution in [0.5, 0.6) is 0 Å². The van der Waals surface area contributed by atoms with Crippen molar-refractivity contribution in [2.45, 2.75) is 6.92 Å². The number of ether oxygens (including phenoxy) is 1. The number of carbonyl (C=O) groups excluding carboxylic acids is 2. The average Bonchev–Trinajstić information content (AvgIpc) is 2.67. The van der Waals surface area contributed by atoms with Crippen LogP contribution < -0.4 is 4.90 Å². The van der Waals surface area contributed by atoms with Crippen molar-refractivity contribution in [1.82, 2.24) is 0 Å². The Hall–Kier alpha value is -3.28. The van der Waals surface area contributed by atoms with E-state index >= 15 is 0 Å². The van der Waals surface area contributed by atoms with Gasteiger partial charge in [-0.25, -0.2) is 13.6 Å². The summed E-state index contributed by atoms with van der Waals surface area (Å²) in [6, 6.07) is 15.7. The molecule has 0 saturated heterocycles. The summed E-state index contributed by atoms with van der Waals surface area (Å²) in [7, 11) is 0. The van der Waals surface area contributed by atoms with Crippen LogP contribution in [-0.4, -0.2) is 25.0 Å². The van der Waals surface area contributed by atoms with E-state index in [9.17, 15) is 18.4 Å². The van der Waals surface area contributed by atoms with Crippen LogP contribution in [0.3, 0.4) is 0 Å². The van der Waals surface area contributed by atoms with Gasteiger partial charge in [0.1, 0.15) is 11.6 Å². The number of anilines is 1. The number of likely N-dealkylation sites (N-methyl/N-ethyl adjacent to an activating group) is 1. The summed E-state index contributed by atoms with van der Waals surface area (Å²) < 4.78 is 31.5. The molecule has 1 amide bonds. The zero-order valence-electron chi connectivity index (χ0n) is 14.6. The highest BCUT2D eigenvalue weighted by atomic mass is 19.1. The third-order valence-electron chi connectivity index (χ3n) is 4.15. The number of amides is 1. The fourth-order valence-electron chi connectivity index (χ4n) is 2.86. The molecule has 0 radical (unpaired) electrons. The Kier molecular flexibility index (Phi) is 5.45. The Morgan fingerprint density at radius 2 is 1.74 bits per heavy atom. The Morgan fingerprint density at radius 1 is 1.00 bits per heavy atom. The van der Waals surface area contributed by atoms with E-state index in [1.54, 1.807) is 6.92 Å². The van der Waals surface area contributed by atoms with E-state index in [-0.39, 0.29) is 0 Å². The molecule has 3 rings (SSSR count). The second-order valence-corrected chi connectivity index (χ2v) is 5.84. The molecule has 0 spiro atoms. The van der Waals surface area contributed by atoms with Gasteiger partial charge in [-0.15, -0.1) is 0 Å². The molecule has 0 bridgehead atoms. The van der Waals surface area contributed by atoms with Crippen LogP contribution in [0.25, 0.3) is 10.8 Å². The van der Waals surface area contributed by atoms with Gasteiger partial charge in [-0.3, -0.25) is 4.79 Å². The fraction of sp³-hybridized carbons (Fsp3) is 0.143. The lowest BCUT2D eigenvalue weighted by Gasteiger charge is -2.22. The van der Waals surface area contributed by atoms with Crippen LogP contribution in [0.1, 0.15) is 17.3 Å². The third kappa shape index (κ3) is 3.95. The van der Waals surface area contributed by atoms with Gasteiger partial charge in [-0.05, 0) is 30.5 Å². The van der Waals surface area contributed by atoms with Crippen LogP contribution in [0, 0.1) is 11.6 Å². The zero-order chi connectivity index (χ0) is 19.4. The summed E-state index contributed by atoms with van der Waals surface area (Å²) in [5, 5.41) is 1.87. The minimum Gasteiger partial charge on any atom is -0.452 e. The lowest BCUT2D eigenvalue weighted by Crippen LogP contribution is -2.34. The highest BCUT2D eigenvalue weighted by molar-refractivity contribution is 6.04. The molecule has 6 heteroatoms. The predicted octanol–water partition coefficient (Wildman–Crippen LogP) is 4.33. The van der Waals surface area contributed by atoms with Gasteiger partial charge in [0.05, 0.1) is 11.3 Å². The van der Waals surface area contributed by atoms with Gasteiger partial charge in [-0.2, -0.15) is 0 Å². The van der Waals surface area contributed by atoms with Crippen molar-refractivity contribution < 1.29 is 23.1 Å². The number of rotatable bonds is 5. The lowest BCUT2D eigenvalue weighted by atomic mass is 10.1. The SMILES string of the molecule is CCN(C(=O)COC(=O)c1ccc(F)cc1F)c1cccc2ccccc12. The van der Waals surface area contributed by atoms with Gasteiger partial charge < -0.3 is 9.64 Å². The number of carbonyl (C=O) groups is 2. The summed E-state index contributed by atoms with van der Waals surface area (Å²) in [6.07, 6.45) is 0. The predicted molar refractivity (Wildman–Crippen MR) is 98.6 cm³/mol. The van der Waals surface area contributed by atoms with Crippen molar-refractivity contribution in [2.75, 3.05) is 18.1 Å². The normalized spacial score (nSPS) is 10.6. The van der Waals surface area contributed by atoms with Crippen molar-refractivity contribution >= 4 is 28.3 Å². The smallest absolute Gasteiger partial charge is 0.341 e. The summed E-state index contributed by atoms with van der Waals surface area (Å²) in [5.74, 6) is -3.29. The summed E-state index contributed by atoms with van der Waals surface area (Å²) in [6.45, 7) is 1.63. The van der Waals surface area contributed by atoms with Gasteiger partial charge in [0.25, 0.3) is 5.91 Å². The second kappa shape index (κ2) is 7.95. The van der Waals surface area contributed by atoms with E-state index in [2.05, 4.69) is 0 Å². The maximum Gasteiger partial charge on any atom is 0.341 e. The van der Waals surface area contributed by atoms with E-state index < -0.39 is 35.7 Å². The molecule has 3 aromatic carbocycles. The third-order valence-corrected chi connectivity index (χ3v) is 4.15. The first-order chi connectivity index (χ1) is 13.0.